The fraction of sp³-hybridized carbons (Fsp3) is 0.300. The van der Waals surface area contributed by atoms with Gasteiger partial charge in [-0.15, -0.1) is 0 Å². The van der Waals surface area contributed by atoms with Crippen molar-refractivity contribution in [3.63, 3.8) is 0 Å². The maximum absolute atomic E-state index is 11.0. The van der Waals surface area contributed by atoms with Crippen LogP contribution >= 0.6 is 0 Å². The summed E-state index contributed by atoms with van der Waals surface area (Å²) in [4.78, 5) is 11.0. The average molecular weight is 163 g/mol. The highest BCUT2D eigenvalue weighted by Crippen LogP contribution is 2.24. The van der Waals surface area contributed by atoms with Crippen LogP contribution < -0.4 is 5.73 Å². The number of hydrogen-bond acceptors (Lipinski definition) is 2. The summed E-state index contributed by atoms with van der Waals surface area (Å²) in [7, 11) is 0. The van der Waals surface area contributed by atoms with Gasteiger partial charge in [0.2, 0.25) is 0 Å². The molecule has 0 radical (unpaired) electrons. The van der Waals surface area contributed by atoms with Gasteiger partial charge >= 0.3 is 0 Å². The molecule has 0 bridgehead atoms. The molecule has 0 aliphatic heterocycles. The van der Waals surface area contributed by atoms with Gasteiger partial charge in [0.1, 0.15) is 5.78 Å². The van der Waals surface area contributed by atoms with Crippen molar-refractivity contribution in [3.8, 4) is 0 Å². The number of hydrogen-bond donors (Lipinski definition) is 1. The highest BCUT2D eigenvalue weighted by Gasteiger charge is 2.15. The van der Waals surface area contributed by atoms with Crippen LogP contribution in [0.5, 0.6) is 0 Å². The lowest BCUT2D eigenvalue weighted by Gasteiger charge is -2.14. The van der Waals surface area contributed by atoms with Gasteiger partial charge in [-0.1, -0.05) is 18.2 Å². The van der Waals surface area contributed by atoms with Crippen molar-refractivity contribution >= 4 is 5.78 Å². The van der Waals surface area contributed by atoms with Crippen molar-refractivity contribution in [2.75, 3.05) is 0 Å². The minimum absolute atomic E-state index is 0.291. The van der Waals surface area contributed by atoms with Crippen LogP contribution in [0.3, 0.4) is 0 Å². The smallest absolute Gasteiger partial charge is 0.137 e. The molecule has 1 saturated carbocycles. The first-order chi connectivity index (χ1) is 5.74. The summed E-state index contributed by atoms with van der Waals surface area (Å²) in [5, 5.41) is 0. The average Bonchev–Trinajstić information content (AvgIpc) is 2.07. The Balaban J connectivity index is 2.73. The zero-order chi connectivity index (χ0) is 8.97. The topological polar surface area (TPSA) is 43.1 Å². The molecular weight excluding hydrogens is 150 g/mol. The highest BCUT2D eigenvalue weighted by molar-refractivity contribution is 5.84. The zero-order valence-corrected chi connectivity index (χ0v) is 7.05. The molecule has 12 heavy (non-hydrogen) atoms. The van der Waals surface area contributed by atoms with Gasteiger partial charge in [-0.25, -0.2) is 0 Å². The Kier molecular flexibility index (Phi) is 2.86. The lowest BCUT2D eigenvalue weighted by Crippen LogP contribution is -2.08. The van der Waals surface area contributed by atoms with Crippen LogP contribution in [0.15, 0.2) is 36.1 Å². The van der Waals surface area contributed by atoms with E-state index in [1.807, 2.05) is 6.08 Å². The van der Waals surface area contributed by atoms with E-state index in [4.69, 9.17) is 5.73 Å². The van der Waals surface area contributed by atoms with Gasteiger partial charge in [-0.2, -0.15) is 0 Å². The molecule has 0 aromatic rings. The van der Waals surface area contributed by atoms with E-state index in [0.29, 0.717) is 18.6 Å². The van der Waals surface area contributed by atoms with E-state index in [-0.39, 0.29) is 0 Å². The van der Waals surface area contributed by atoms with Gasteiger partial charge < -0.3 is 5.73 Å². The van der Waals surface area contributed by atoms with E-state index < -0.39 is 0 Å². The third kappa shape index (κ3) is 2.09. The Morgan fingerprint density at radius 2 is 2.17 bits per heavy atom. The lowest BCUT2D eigenvalue weighted by molar-refractivity contribution is -0.118. The van der Waals surface area contributed by atoms with Crippen molar-refractivity contribution in [1.29, 1.82) is 0 Å². The van der Waals surface area contributed by atoms with Crippen molar-refractivity contribution in [3.05, 3.63) is 36.1 Å². The number of carbonyl (C=O) groups is 1. The second kappa shape index (κ2) is 3.90. The predicted octanol–water partition coefficient (Wildman–Crippen LogP) is 1.69. The number of nitrogens with two attached hydrogens (primary N) is 1. The summed E-state index contributed by atoms with van der Waals surface area (Å²) < 4.78 is 0. The summed E-state index contributed by atoms with van der Waals surface area (Å²) in [6.45, 7) is 3.89. The summed E-state index contributed by atoms with van der Waals surface area (Å²) in [6.07, 6.45) is 7.01. The van der Waals surface area contributed by atoms with Gasteiger partial charge in [0, 0.05) is 12.8 Å². The molecule has 1 rings (SSSR count). The van der Waals surface area contributed by atoms with Crippen molar-refractivity contribution in [2.24, 2.45) is 5.73 Å². The third-order valence-corrected chi connectivity index (χ3v) is 1.96. The largest absolute Gasteiger partial charge is 0.405 e. The Labute approximate surface area is 72.5 Å². The van der Waals surface area contributed by atoms with Gasteiger partial charge in [-0.05, 0) is 24.3 Å². The van der Waals surface area contributed by atoms with Crippen molar-refractivity contribution in [2.45, 2.75) is 19.3 Å². The van der Waals surface area contributed by atoms with Crippen LogP contribution in [0, 0.1) is 0 Å². The summed E-state index contributed by atoms with van der Waals surface area (Å²) >= 11 is 0. The van der Waals surface area contributed by atoms with Crippen LogP contribution in [0.4, 0.5) is 0 Å². The monoisotopic (exact) mass is 163 g/mol. The molecule has 2 nitrogen and oxygen atoms in total. The first-order valence-electron chi connectivity index (χ1n) is 4.01. The molecule has 64 valence electrons. The van der Waals surface area contributed by atoms with E-state index in [2.05, 4.69) is 6.58 Å². The Bertz CT molecular complexity index is 261. The molecule has 1 fully saturated rings. The first kappa shape index (κ1) is 8.78. The fourth-order valence-electron chi connectivity index (χ4n) is 1.23. The molecule has 2 heteroatoms. The maximum atomic E-state index is 11.0. The van der Waals surface area contributed by atoms with Crippen LogP contribution in [0.25, 0.3) is 0 Å². The molecule has 1 aliphatic carbocycles. The van der Waals surface area contributed by atoms with E-state index in [9.17, 15) is 4.79 Å². The lowest BCUT2D eigenvalue weighted by atomic mass is 9.89. The number of ketones is 1. The van der Waals surface area contributed by atoms with E-state index in [1.165, 1.54) is 6.20 Å². The third-order valence-electron chi connectivity index (χ3n) is 1.96. The first-order valence-corrected chi connectivity index (χ1v) is 4.01. The zero-order valence-electron chi connectivity index (χ0n) is 7.05. The van der Waals surface area contributed by atoms with Gasteiger partial charge in [0.15, 0.2) is 0 Å². The molecule has 0 saturated heterocycles. The summed E-state index contributed by atoms with van der Waals surface area (Å²) in [6, 6.07) is 0. The molecule has 0 heterocycles. The van der Waals surface area contributed by atoms with Gasteiger partial charge in [0.05, 0.1) is 0 Å². The van der Waals surface area contributed by atoms with Crippen LogP contribution in [0.2, 0.25) is 0 Å². The predicted molar refractivity (Wildman–Crippen MR) is 49.4 cm³/mol. The minimum Gasteiger partial charge on any atom is -0.405 e. The fourth-order valence-corrected chi connectivity index (χ4v) is 1.23. The molecule has 0 atom stereocenters. The molecular formula is C10H13NO. The number of Topliss-reactive ketones (excluding diaryl/α,β-unsaturated/α-hetero) is 1. The molecule has 0 spiro atoms. The Morgan fingerprint density at radius 3 is 2.83 bits per heavy atom. The molecule has 0 unspecified atom stereocenters. The number of carbonyl (C=O) groups excluding carboxylic acids is 1. The quantitative estimate of drug-likeness (QED) is 0.639. The molecule has 0 aromatic carbocycles. The number of allylic oxidation sites excluding steroid dienone is 4. The van der Waals surface area contributed by atoms with Crippen LogP contribution in [0.1, 0.15) is 19.3 Å². The molecule has 1 aliphatic rings. The molecule has 2 N–H and O–H groups in total. The molecule has 0 aromatic heterocycles. The summed E-state index contributed by atoms with van der Waals surface area (Å²) in [5.74, 6) is 0.291. The molecule has 0 amide bonds. The maximum Gasteiger partial charge on any atom is 0.137 e. The normalized spacial score (nSPS) is 22.5. The highest BCUT2D eigenvalue weighted by atomic mass is 16.1. The minimum atomic E-state index is 0.291. The van der Waals surface area contributed by atoms with Crippen molar-refractivity contribution in [1.82, 2.24) is 0 Å². The van der Waals surface area contributed by atoms with Gasteiger partial charge in [0.25, 0.3) is 0 Å². The van der Waals surface area contributed by atoms with E-state index >= 15 is 0 Å². The van der Waals surface area contributed by atoms with Crippen molar-refractivity contribution < 1.29 is 4.79 Å². The SMILES string of the molecule is C=C1CCC(=O)C/C1=C/C=C\N. The van der Waals surface area contributed by atoms with Crippen LogP contribution in [-0.2, 0) is 4.79 Å². The Morgan fingerprint density at radius 1 is 1.42 bits per heavy atom. The van der Waals surface area contributed by atoms with Crippen LogP contribution in [-0.4, -0.2) is 5.78 Å². The summed E-state index contributed by atoms with van der Waals surface area (Å²) in [5.41, 5.74) is 7.27. The second-order valence-electron chi connectivity index (χ2n) is 2.90. The van der Waals surface area contributed by atoms with E-state index in [1.54, 1.807) is 6.08 Å². The number of rotatable bonds is 1. The Hall–Kier alpha value is -1.31. The van der Waals surface area contributed by atoms with Gasteiger partial charge in [-0.3, -0.25) is 4.79 Å². The van der Waals surface area contributed by atoms with E-state index in [0.717, 1.165) is 17.6 Å². The second-order valence-corrected chi connectivity index (χ2v) is 2.90. The standard InChI is InChI=1S/C10H13NO/c1-8-4-5-10(12)7-9(8)3-2-6-11/h2-3,6H,1,4-5,7,11H2/b6-2-,9-3-.